The fraction of sp³-hybridized carbons (Fsp3) is 0.0833. The molecule has 3 rings (SSSR count). The summed E-state index contributed by atoms with van der Waals surface area (Å²) < 4.78 is 38.2. The summed E-state index contributed by atoms with van der Waals surface area (Å²) >= 11 is 0. The number of para-hydroxylation sites is 1. The number of fused-ring (bicyclic) bond motifs is 2. The van der Waals surface area contributed by atoms with Crippen LogP contribution in [0.4, 0.5) is 13.2 Å². The Bertz CT molecular complexity index is 648. The van der Waals surface area contributed by atoms with Gasteiger partial charge in [0, 0.05) is 10.8 Å². The van der Waals surface area contributed by atoms with Crippen LogP contribution in [0, 0.1) is 0 Å². The van der Waals surface area contributed by atoms with Crippen molar-refractivity contribution in [3.63, 3.8) is 0 Å². The van der Waals surface area contributed by atoms with Crippen molar-refractivity contribution in [2.75, 3.05) is 0 Å². The fourth-order valence-electron chi connectivity index (χ4n) is 1.99. The lowest BCUT2D eigenvalue weighted by molar-refractivity contribution is -0.0869. The van der Waals surface area contributed by atoms with Crippen LogP contribution in [-0.2, 0) is 0 Å². The summed E-state index contributed by atoms with van der Waals surface area (Å²) in [5.41, 5.74) is 0.0211. The van der Waals surface area contributed by atoms with Gasteiger partial charge in [-0.2, -0.15) is 13.2 Å². The van der Waals surface area contributed by atoms with Crippen LogP contribution in [0.2, 0.25) is 0 Å². The first-order valence-corrected chi connectivity index (χ1v) is 4.75. The zero-order valence-corrected chi connectivity index (χ0v) is 8.05. The van der Waals surface area contributed by atoms with Gasteiger partial charge in [-0.3, -0.25) is 0 Å². The highest BCUT2D eigenvalue weighted by atomic mass is 19.4. The zero-order valence-electron chi connectivity index (χ0n) is 8.05. The number of nitrogens with zero attached hydrogens (tertiary/aromatic N) is 1. The Hall–Kier alpha value is -1.84. The molecule has 0 radical (unpaired) electrons. The lowest BCUT2D eigenvalue weighted by atomic mass is 10.1. The van der Waals surface area contributed by atoms with E-state index in [1.54, 1.807) is 24.3 Å². The van der Waals surface area contributed by atoms with E-state index in [2.05, 4.69) is 4.99 Å². The molecule has 0 unspecified atom stereocenters. The van der Waals surface area contributed by atoms with Gasteiger partial charge in [-0.1, -0.05) is 18.2 Å². The summed E-state index contributed by atoms with van der Waals surface area (Å²) in [6.07, 6.45) is -1.82. The topological polar surface area (TPSA) is 12.4 Å². The number of halogens is 3. The number of hydrogen-bond acceptors (Lipinski definition) is 1. The van der Waals surface area contributed by atoms with Gasteiger partial charge in [0.05, 0.1) is 16.6 Å². The molecule has 0 saturated heterocycles. The van der Waals surface area contributed by atoms with Crippen molar-refractivity contribution in [1.82, 2.24) is 0 Å². The Morgan fingerprint density at radius 1 is 1.00 bits per heavy atom. The third-order valence-electron chi connectivity index (χ3n) is 2.65. The summed E-state index contributed by atoms with van der Waals surface area (Å²) in [7, 11) is 0. The lowest BCUT2D eigenvalue weighted by Gasteiger charge is -2.09. The van der Waals surface area contributed by atoms with Gasteiger partial charge in [-0.15, -0.1) is 0 Å². The van der Waals surface area contributed by atoms with Gasteiger partial charge in [0.25, 0.3) is 0 Å². The maximum Gasteiger partial charge on any atom is 0.417 e. The largest absolute Gasteiger partial charge is 0.417 e. The SMILES string of the molecule is FC(F)(F)C1=CC=C2N=c3ccccc3=C21. The van der Waals surface area contributed by atoms with Crippen molar-refractivity contribution in [2.45, 2.75) is 6.18 Å². The average molecular weight is 221 g/mol. The molecular formula is C12H6F3N. The molecule has 0 amide bonds. The van der Waals surface area contributed by atoms with Gasteiger partial charge in [-0.25, -0.2) is 4.99 Å². The summed E-state index contributed by atoms with van der Waals surface area (Å²) in [6.45, 7) is 0. The molecule has 0 saturated carbocycles. The van der Waals surface area contributed by atoms with Crippen LogP contribution in [0.3, 0.4) is 0 Å². The van der Waals surface area contributed by atoms with E-state index in [9.17, 15) is 13.2 Å². The van der Waals surface area contributed by atoms with Gasteiger partial charge in [-0.05, 0) is 18.2 Å². The Kier molecular flexibility index (Phi) is 1.67. The van der Waals surface area contributed by atoms with Crippen molar-refractivity contribution < 1.29 is 13.2 Å². The quantitative estimate of drug-likeness (QED) is 0.634. The monoisotopic (exact) mass is 221 g/mol. The minimum Gasteiger partial charge on any atom is -0.248 e. The van der Waals surface area contributed by atoms with E-state index < -0.39 is 11.7 Å². The first kappa shape index (κ1) is 9.39. The van der Waals surface area contributed by atoms with E-state index in [0.717, 1.165) is 6.08 Å². The molecule has 1 heterocycles. The minimum atomic E-state index is -4.32. The second-order valence-electron chi connectivity index (χ2n) is 3.63. The molecule has 0 aromatic heterocycles. The van der Waals surface area contributed by atoms with Crippen LogP contribution in [0.15, 0.2) is 52.7 Å². The van der Waals surface area contributed by atoms with E-state index in [1.165, 1.54) is 6.08 Å². The molecule has 1 aliphatic carbocycles. The fourth-order valence-corrected chi connectivity index (χ4v) is 1.99. The smallest absolute Gasteiger partial charge is 0.248 e. The zero-order chi connectivity index (χ0) is 11.3. The number of rotatable bonds is 0. The molecular weight excluding hydrogens is 215 g/mol. The van der Waals surface area contributed by atoms with Gasteiger partial charge in [0.15, 0.2) is 0 Å². The average Bonchev–Trinajstić information content (AvgIpc) is 2.73. The van der Waals surface area contributed by atoms with Crippen molar-refractivity contribution in [2.24, 2.45) is 4.99 Å². The minimum absolute atomic E-state index is 0.211. The van der Waals surface area contributed by atoms with Gasteiger partial charge in [0.1, 0.15) is 0 Å². The Morgan fingerprint density at radius 2 is 1.75 bits per heavy atom. The molecule has 0 fully saturated rings. The maximum absolute atomic E-state index is 12.7. The standard InChI is InChI=1S/C12H6F3N/c13-12(14,15)8-5-6-10-11(8)7-3-1-2-4-9(7)16-10/h1-6H. The van der Waals surface area contributed by atoms with E-state index in [-0.39, 0.29) is 5.57 Å². The number of hydrogen-bond donors (Lipinski definition) is 0. The second kappa shape index (κ2) is 2.84. The highest BCUT2D eigenvalue weighted by Gasteiger charge is 2.40. The van der Waals surface area contributed by atoms with Gasteiger partial charge < -0.3 is 0 Å². The maximum atomic E-state index is 12.7. The van der Waals surface area contributed by atoms with Gasteiger partial charge in [0.2, 0.25) is 0 Å². The molecule has 1 aromatic carbocycles. The van der Waals surface area contributed by atoms with Gasteiger partial charge >= 0.3 is 6.18 Å². The molecule has 1 aliphatic heterocycles. The van der Waals surface area contributed by atoms with Crippen molar-refractivity contribution in [3.8, 4) is 0 Å². The Labute approximate surface area is 88.9 Å². The normalized spacial score (nSPS) is 17.6. The molecule has 1 aromatic rings. The number of alkyl halides is 3. The predicted octanol–water partition coefficient (Wildman–Crippen LogP) is 1.86. The molecule has 2 aliphatic rings. The third-order valence-corrected chi connectivity index (χ3v) is 2.65. The highest BCUT2D eigenvalue weighted by molar-refractivity contribution is 5.84. The molecule has 4 heteroatoms. The van der Waals surface area contributed by atoms with E-state index in [4.69, 9.17) is 0 Å². The molecule has 16 heavy (non-hydrogen) atoms. The Morgan fingerprint density at radius 3 is 2.50 bits per heavy atom. The highest BCUT2D eigenvalue weighted by Crippen LogP contribution is 2.39. The van der Waals surface area contributed by atoms with E-state index in [1.807, 2.05) is 0 Å². The molecule has 0 bridgehead atoms. The van der Waals surface area contributed by atoms with Crippen molar-refractivity contribution >= 4 is 5.57 Å². The van der Waals surface area contributed by atoms with Crippen molar-refractivity contribution in [1.29, 1.82) is 0 Å². The predicted molar refractivity (Wildman–Crippen MR) is 52.9 cm³/mol. The summed E-state index contributed by atoms with van der Waals surface area (Å²) in [5, 5.41) is 1.17. The third kappa shape index (κ3) is 1.16. The van der Waals surface area contributed by atoms with Crippen LogP contribution in [0.25, 0.3) is 5.57 Å². The van der Waals surface area contributed by atoms with Crippen molar-refractivity contribution in [3.05, 3.63) is 58.3 Å². The molecule has 1 nitrogen and oxygen atoms in total. The summed E-state index contributed by atoms with van der Waals surface area (Å²) in [5.74, 6) is 0. The number of allylic oxidation sites excluding steroid dienone is 3. The molecule has 0 spiro atoms. The molecule has 0 atom stereocenters. The summed E-state index contributed by atoms with van der Waals surface area (Å²) in [4.78, 5) is 4.15. The van der Waals surface area contributed by atoms with Crippen LogP contribution in [-0.4, -0.2) is 6.18 Å². The Balaban J connectivity index is 2.34. The molecule has 0 N–H and O–H groups in total. The summed E-state index contributed by atoms with van der Waals surface area (Å²) in [6, 6.07) is 6.87. The first-order valence-electron chi connectivity index (χ1n) is 4.75. The van der Waals surface area contributed by atoms with E-state index in [0.29, 0.717) is 16.3 Å². The van der Waals surface area contributed by atoms with Crippen LogP contribution in [0.5, 0.6) is 0 Å². The number of benzene rings is 1. The molecule has 80 valence electrons. The van der Waals surface area contributed by atoms with Crippen LogP contribution < -0.4 is 10.6 Å². The van der Waals surface area contributed by atoms with Crippen LogP contribution >= 0.6 is 0 Å². The second-order valence-corrected chi connectivity index (χ2v) is 3.63. The first-order chi connectivity index (χ1) is 7.57. The van der Waals surface area contributed by atoms with Crippen LogP contribution in [0.1, 0.15) is 0 Å². The van der Waals surface area contributed by atoms with E-state index >= 15 is 0 Å². The lowest BCUT2D eigenvalue weighted by Crippen LogP contribution is -2.24.